The third-order valence-electron chi connectivity index (χ3n) is 5.15. The van der Waals surface area contributed by atoms with Gasteiger partial charge in [0.05, 0.1) is 18.6 Å². The topological polar surface area (TPSA) is 60.3 Å². The van der Waals surface area contributed by atoms with E-state index < -0.39 is 0 Å². The molecule has 1 saturated heterocycles. The van der Waals surface area contributed by atoms with Crippen molar-refractivity contribution in [3.63, 3.8) is 0 Å². The van der Waals surface area contributed by atoms with E-state index in [1.54, 1.807) is 30.2 Å². The molecule has 0 unspecified atom stereocenters. The molecule has 1 fully saturated rings. The van der Waals surface area contributed by atoms with Crippen molar-refractivity contribution in [2.75, 3.05) is 13.7 Å². The van der Waals surface area contributed by atoms with Crippen LogP contribution in [0, 0.1) is 5.82 Å². The van der Waals surface area contributed by atoms with E-state index >= 15 is 0 Å². The van der Waals surface area contributed by atoms with E-state index in [1.807, 2.05) is 0 Å². The Balaban J connectivity index is 1.59. The second-order valence-corrected chi connectivity index (χ2v) is 6.65. The van der Waals surface area contributed by atoms with Crippen LogP contribution in [0.2, 0.25) is 0 Å². The predicted molar refractivity (Wildman–Crippen MR) is 88.3 cm³/mol. The Hall–Kier alpha value is -2.28. The van der Waals surface area contributed by atoms with Crippen molar-refractivity contribution in [1.82, 2.24) is 19.7 Å². The minimum Gasteiger partial charge on any atom is -0.380 e. The molecule has 2 aromatic rings. The van der Waals surface area contributed by atoms with Crippen molar-refractivity contribution < 1.29 is 13.9 Å². The Kier molecular flexibility index (Phi) is 4.25. The van der Waals surface area contributed by atoms with Crippen LogP contribution in [0.1, 0.15) is 36.1 Å². The monoisotopic (exact) mass is 344 g/mol. The summed E-state index contributed by atoms with van der Waals surface area (Å²) in [4.78, 5) is 14.7. The maximum atomic E-state index is 13.9. The fraction of sp³-hybridized carbons (Fsp3) is 0.500. The summed E-state index contributed by atoms with van der Waals surface area (Å²) in [6.45, 7) is 1.39. The number of rotatable bonds is 4. The zero-order chi connectivity index (χ0) is 17.4. The van der Waals surface area contributed by atoms with E-state index in [9.17, 15) is 9.18 Å². The molecular formula is C18H21FN4O2. The second-order valence-electron chi connectivity index (χ2n) is 6.65. The summed E-state index contributed by atoms with van der Waals surface area (Å²) < 4.78 is 21.5. The maximum absolute atomic E-state index is 13.9. The van der Waals surface area contributed by atoms with Crippen molar-refractivity contribution in [2.45, 2.75) is 44.4 Å². The number of methoxy groups -OCH3 is 1. The number of aromatic nitrogens is 3. The number of halogens is 1. The number of ether oxygens (including phenoxy) is 1. The first-order valence-corrected chi connectivity index (χ1v) is 8.65. The molecule has 0 aliphatic carbocycles. The van der Waals surface area contributed by atoms with Crippen LogP contribution in [-0.2, 0) is 28.9 Å². The van der Waals surface area contributed by atoms with Crippen LogP contribution in [0.4, 0.5) is 4.39 Å². The Bertz CT molecular complexity index is 791. The van der Waals surface area contributed by atoms with Crippen molar-refractivity contribution in [3.8, 4) is 0 Å². The lowest BCUT2D eigenvalue weighted by Crippen LogP contribution is -2.34. The van der Waals surface area contributed by atoms with Crippen molar-refractivity contribution in [2.24, 2.45) is 0 Å². The summed E-state index contributed by atoms with van der Waals surface area (Å²) in [5, 5.41) is 8.59. The lowest BCUT2D eigenvalue weighted by Gasteiger charge is -2.24. The van der Waals surface area contributed by atoms with Crippen LogP contribution in [0.5, 0.6) is 0 Å². The van der Waals surface area contributed by atoms with Crippen LogP contribution in [0.15, 0.2) is 24.3 Å². The molecule has 4 rings (SSSR count). The summed E-state index contributed by atoms with van der Waals surface area (Å²) >= 11 is 0. The smallest absolute Gasteiger partial charge is 0.227 e. The van der Waals surface area contributed by atoms with Gasteiger partial charge < -0.3 is 14.2 Å². The molecule has 2 atom stereocenters. The fourth-order valence-corrected chi connectivity index (χ4v) is 3.81. The van der Waals surface area contributed by atoms with E-state index in [2.05, 4.69) is 14.8 Å². The molecule has 1 amide bonds. The number of nitrogens with zero attached hydrogens (tertiary/aromatic N) is 4. The molecule has 2 aliphatic heterocycles. The molecule has 0 spiro atoms. The van der Waals surface area contributed by atoms with E-state index in [4.69, 9.17) is 4.74 Å². The zero-order valence-corrected chi connectivity index (χ0v) is 14.2. The quantitative estimate of drug-likeness (QED) is 0.850. The second kappa shape index (κ2) is 6.55. The van der Waals surface area contributed by atoms with Crippen LogP contribution in [0.25, 0.3) is 0 Å². The van der Waals surface area contributed by atoms with Crippen LogP contribution in [-0.4, -0.2) is 45.3 Å². The van der Waals surface area contributed by atoms with Crippen LogP contribution >= 0.6 is 0 Å². The average Bonchev–Trinajstić information content (AvgIpc) is 3.31. The first-order chi connectivity index (χ1) is 12.2. The van der Waals surface area contributed by atoms with Crippen LogP contribution < -0.4 is 0 Å². The Labute approximate surface area is 145 Å². The summed E-state index contributed by atoms with van der Waals surface area (Å²) in [6.07, 6.45) is 2.68. The SMILES string of the molecule is CO[C@@H]1C[C@@H](c2nnc3n2CCC3)N(C(=O)Cc2ccccc2F)C1. The first kappa shape index (κ1) is 16.2. The van der Waals surface area contributed by atoms with Gasteiger partial charge in [0, 0.05) is 33.0 Å². The minimum absolute atomic E-state index is 0.0380. The lowest BCUT2D eigenvalue weighted by molar-refractivity contribution is -0.132. The number of benzene rings is 1. The molecule has 0 radical (unpaired) electrons. The molecule has 0 N–H and O–H groups in total. The molecule has 1 aromatic heterocycles. The van der Waals surface area contributed by atoms with E-state index in [-0.39, 0.29) is 30.3 Å². The number of fused-ring (bicyclic) bond motifs is 1. The van der Waals surface area contributed by atoms with Gasteiger partial charge in [-0.1, -0.05) is 18.2 Å². The highest BCUT2D eigenvalue weighted by Gasteiger charge is 2.40. The first-order valence-electron chi connectivity index (χ1n) is 8.65. The number of likely N-dealkylation sites (tertiary alicyclic amines) is 1. The van der Waals surface area contributed by atoms with E-state index in [0.717, 1.165) is 31.0 Å². The Morgan fingerprint density at radius 3 is 3.00 bits per heavy atom. The summed E-state index contributed by atoms with van der Waals surface area (Å²) in [7, 11) is 1.65. The molecule has 3 heterocycles. The van der Waals surface area contributed by atoms with Crippen molar-refractivity contribution in [3.05, 3.63) is 47.3 Å². The standard InChI is InChI=1S/C18H21FN4O2/c1-25-13-10-15(18-21-20-16-7-4-8-22(16)18)23(11-13)17(24)9-12-5-2-3-6-14(12)19/h2-3,5-6,13,15H,4,7-11H2,1H3/t13-,15+/m1/s1. The van der Waals surface area contributed by atoms with Gasteiger partial charge >= 0.3 is 0 Å². The predicted octanol–water partition coefficient (Wildman–Crippen LogP) is 1.89. The lowest BCUT2D eigenvalue weighted by atomic mass is 10.1. The molecule has 7 heteroatoms. The zero-order valence-electron chi connectivity index (χ0n) is 14.2. The van der Waals surface area contributed by atoms with Gasteiger partial charge in [-0.05, 0) is 18.1 Å². The summed E-state index contributed by atoms with van der Waals surface area (Å²) in [5.41, 5.74) is 0.415. The third-order valence-corrected chi connectivity index (χ3v) is 5.15. The Morgan fingerprint density at radius 2 is 2.20 bits per heavy atom. The maximum Gasteiger partial charge on any atom is 0.227 e. The molecule has 132 valence electrons. The largest absolute Gasteiger partial charge is 0.380 e. The highest BCUT2D eigenvalue weighted by molar-refractivity contribution is 5.79. The van der Waals surface area contributed by atoms with Crippen molar-refractivity contribution in [1.29, 1.82) is 0 Å². The molecule has 25 heavy (non-hydrogen) atoms. The van der Waals surface area contributed by atoms with E-state index in [0.29, 0.717) is 18.5 Å². The highest BCUT2D eigenvalue weighted by atomic mass is 19.1. The van der Waals surface area contributed by atoms with E-state index in [1.165, 1.54) is 6.07 Å². The number of amides is 1. The molecule has 2 aliphatic rings. The fourth-order valence-electron chi connectivity index (χ4n) is 3.81. The molecule has 6 nitrogen and oxygen atoms in total. The number of aryl methyl sites for hydroxylation is 1. The van der Waals surface area contributed by atoms with Gasteiger partial charge in [-0.25, -0.2) is 4.39 Å². The highest BCUT2D eigenvalue weighted by Crippen LogP contribution is 2.34. The van der Waals surface area contributed by atoms with Crippen LogP contribution in [0.3, 0.4) is 0 Å². The summed E-state index contributed by atoms with van der Waals surface area (Å²) in [5.74, 6) is 1.36. The van der Waals surface area contributed by atoms with Gasteiger partial charge in [-0.3, -0.25) is 4.79 Å². The number of carbonyl (C=O) groups excluding carboxylic acids is 1. The molecule has 1 aromatic carbocycles. The average molecular weight is 344 g/mol. The van der Waals surface area contributed by atoms with Gasteiger partial charge in [0.2, 0.25) is 5.91 Å². The number of hydrogen-bond donors (Lipinski definition) is 0. The molecular weight excluding hydrogens is 323 g/mol. The van der Waals surface area contributed by atoms with Crippen molar-refractivity contribution >= 4 is 5.91 Å². The minimum atomic E-state index is -0.349. The molecule has 0 bridgehead atoms. The summed E-state index contributed by atoms with van der Waals surface area (Å²) in [6, 6.07) is 6.25. The van der Waals surface area contributed by atoms with Gasteiger partial charge in [-0.15, -0.1) is 10.2 Å². The van der Waals surface area contributed by atoms with Gasteiger partial charge in [0.1, 0.15) is 11.6 Å². The number of carbonyl (C=O) groups is 1. The Morgan fingerprint density at radius 1 is 1.36 bits per heavy atom. The van der Waals surface area contributed by atoms with Gasteiger partial charge in [0.25, 0.3) is 0 Å². The third kappa shape index (κ3) is 2.93. The normalized spacial score (nSPS) is 22.4. The van der Waals surface area contributed by atoms with Gasteiger partial charge in [-0.2, -0.15) is 0 Å². The number of hydrogen-bond acceptors (Lipinski definition) is 4. The molecule has 0 saturated carbocycles. The van der Waals surface area contributed by atoms with Gasteiger partial charge in [0.15, 0.2) is 5.82 Å².